The molecule has 0 aliphatic rings. The number of rotatable bonds is 1. The fraction of sp³-hybridized carbons (Fsp3) is 0. The zero-order valence-corrected chi connectivity index (χ0v) is 7.23. The van der Waals surface area contributed by atoms with Crippen LogP contribution in [-0.2, 0) is 0 Å². The highest BCUT2D eigenvalue weighted by atomic mass is 16.2. The van der Waals surface area contributed by atoms with Crippen molar-refractivity contribution in [2.24, 2.45) is 0 Å². The standard InChI is InChI=1S/C9H7N3O2/c13-8-6-7(10-9(14)11-8)12-4-2-1-3-5-12/h1-6H,(H-,10,11,13,14)/p+1. The molecular formula is C9H8N3O2+. The second-order valence-electron chi connectivity index (χ2n) is 2.76. The van der Waals surface area contributed by atoms with E-state index in [9.17, 15) is 9.59 Å². The number of aromatic nitrogens is 3. The quantitative estimate of drug-likeness (QED) is 0.586. The smallest absolute Gasteiger partial charge is 0.269 e. The molecule has 0 spiro atoms. The van der Waals surface area contributed by atoms with Gasteiger partial charge < -0.3 is 0 Å². The Hall–Kier alpha value is -2.17. The molecule has 0 atom stereocenters. The van der Waals surface area contributed by atoms with Gasteiger partial charge in [-0.05, 0) is 12.1 Å². The maximum Gasteiger partial charge on any atom is 0.413 e. The third-order valence-electron chi connectivity index (χ3n) is 1.74. The van der Waals surface area contributed by atoms with Crippen LogP contribution in [0.5, 0.6) is 0 Å². The Morgan fingerprint density at radius 1 is 1.00 bits per heavy atom. The lowest BCUT2D eigenvalue weighted by Gasteiger charge is -1.93. The minimum atomic E-state index is -0.510. The zero-order valence-electron chi connectivity index (χ0n) is 7.23. The number of pyridine rings is 1. The lowest BCUT2D eigenvalue weighted by Crippen LogP contribution is -2.36. The van der Waals surface area contributed by atoms with Gasteiger partial charge >= 0.3 is 5.69 Å². The molecule has 0 amide bonds. The Kier molecular flexibility index (Phi) is 1.98. The molecule has 70 valence electrons. The Morgan fingerprint density at radius 2 is 1.71 bits per heavy atom. The van der Waals surface area contributed by atoms with Crippen molar-refractivity contribution in [1.29, 1.82) is 0 Å². The molecule has 0 fully saturated rings. The van der Waals surface area contributed by atoms with E-state index >= 15 is 0 Å². The average Bonchev–Trinajstić information content (AvgIpc) is 2.18. The Bertz CT molecular complexity index is 513. The molecule has 2 N–H and O–H groups in total. The van der Waals surface area contributed by atoms with Crippen LogP contribution in [0.2, 0.25) is 0 Å². The van der Waals surface area contributed by atoms with Crippen LogP contribution in [0.4, 0.5) is 0 Å². The molecule has 14 heavy (non-hydrogen) atoms. The van der Waals surface area contributed by atoms with Crippen molar-refractivity contribution in [2.45, 2.75) is 0 Å². The van der Waals surface area contributed by atoms with Crippen LogP contribution in [0.25, 0.3) is 5.82 Å². The van der Waals surface area contributed by atoms with Gasteiger partial charge in [-0.3, -0.25) is 9.78 Å². The predicted octanol–water partition coefficient (Wildman–Crippen LogP) is -0.660. The van der Waals surface area contributed by atoms with Gasteiger partial charge in [0.15, 0.2) is 0 Å². The van der Waals surface area contributed by atoms with Crippen molar-refractivity contribution >= 4 is 0 Å². The highest BCUT2D eigenvalue weighted by Gasteiger charge is 2.05. The number of aromatic amines is 2. The molecule has 2 heterocycles. The van der Waals surface area contributed by atoms with Crippen molar-refractivity contribution in [3.05, 3.63) is 57.5 Å². The van der Waals surface area contributed by atoms with Crippen molar-refractivity contribution in [1.82, 2.24) is 9.97 Å². The van der Waals surface area contributed by atoms with Crippen LogP contribution in [0.15, 0.2) is 46.2 Å². The van der Waals surface area contributed by atoms with E-state index < -0.39 is 11.2 Å². The molecule has 0 aliphatic heterocycles. The molecule has 0 saturated heterocycles. The van der Waals surface area contributed by atoms with Gasteiger partial charge in [0.05, 0.1) is 18.5 Å². The molecule has 0 aliphatic carbocycles. The third kappa shape index (κ3) is 1.61. The first-order valence-corrected chi connectivity index (χ1v) is 4.06. The molecule has 2 rings (SSSR count). The Balaban J connectivity index is 2.64. The fourth-order valence-electron chi connectivity index (χ4n) is 1.15. The van der Waals surface area contributed by atoms with Crippen LogP contribution < -0.4 is 15.8 Å². The molecular weight excluding hydrogens is 182 g/mol. The molecule has 0 unspecified atom stereocenters. The summed E-state index contributed by atoms with van der Waals surface area (Å²) in [6.45, 7) is 0. The maximum absolute atomic E-state index is 11.0. The number of hydrogen-bond donors (Lipinski definition) is 2. The van der Waals surface area contributed by atoms with Gasteiger partial charge in [0.25, 0.3) is 11.4 Å². The Morgan fingerprint density at radius 3 is 2.36 bits per heavy atom. The van der Waals surface area contributed by atoms with Crippen LogP contribution in [-0.4, -0.2) is 9.97 Å². The molecule has 0 bridgehead atoms. The second-order valence-corrected chi connectivity index (χ2v) is 2.76. The van der Waals surface area contributed by atoms with Gasteiger partial charge in [-0.2, -0.15) is 4.98 Å². The van der Waals surface area contributed by atoms with Gasteiger partial charge in [0, 0.05) is 0 Å². The molecule has 0 aromatic carbocycles. The van der Waals surface area contributed by atoms with Gasteiger partial charge in [-0.25, -0.2) is 9.36 Å². The Labute approximate surface area is 78.7 Å². The van der Waals surface area contributed by atoms with Crippen LogP contribution in [0.3, 0.4) is 0 Å². The summed E-state index contributed by atoms with van der Waals surface area (Å²) in [7, 11) is 0. The maximum atomic E-state index is 11.0. The fourth-order valence-corrected chi connectivity index (χ4v) is 1.15. The normalized spacial score (nSPS) is 10.0. The van der Waals surface area contributed by atoms with Crippen LogP contribution in [0.1, 0.15) is 0 Å². The van der Waals surface area contributed by atoms with E-state index in [1.807, 2.05) is 6.07 Å². The van der Waals surface area contributed by atoms with E-state index in [1.54, 1.807) is 29.1 Å². The summed E-state index contributed by atoms with van der Waals surface area (Å²) in [5, 5.41) is 0. The van der Waals surface area contributed by atoms with Crippen molar-refractivity contribution in [2.75, 3.05) is 0 Å². The first-order valence-electron chi connectivity index (χ1n) is 4.06. The molecule has 2 aromatic rings. The minimum Gasteiger partial charge on any atom is -0.269 e. The number of nitrogens with zero attached hydrogens (tertiary/aromatic N) is 1. The van der Waals surface area contributed by atoms with Gasteiger partial charge in [-0.1, -0.05) is 6.07 Å². The number of H-pyrrole nitrogens is 2. The molecule has 0 radical (unpaired) electrons. The SMILES string of the molecule is O=c1cc(-[n+]2ccccc2)[nH]c(=O)[nH]1. The lowest BCUT2D eigenvalue weighted by molar-refractivity contribution is -0.599. The number of nitrogens with one attached hydrogen (secondary N) is 2. The van der Waals surface area contributed by atoms with Crippen molar-refractivity contribution in [3.63, 3.8) is 0 Å². The molecule has 2 aromatic heterocycles. The summed E-state index contributed by atoms with van der Waals surface area (Å²) in [5.41, 5.74) is -0.927. The zero-order chi connectivity index (χ0) is 9.97. The van der Waals surface area contributed by atoms with E-state index in [2.05, 4.69) is 9.97 Å². The minimum absolute atomic E-state index is 0.417. The average molecular weight is 190 g/mol. The first kappa shape index (κ1) is 8.43. The van der Waals surface area contributed by atoms with E-state index in [0.29, 0.717) is 5.82 Å². The summed E-state index contributed by atoms with van der Waals surface area (Å²) >= 11 is 0. The topological polar surface area (TPSA) is 69.6 Å². The van der Waals surface area contributed by atoms with E-state index in [0.717, 1.165) is 0 Å². The lowest BCUT2D eigenvalue weighted by atomic mass is 10.4. The van der Waals surface area contributed by atoms with Gasteiger partial charge in [0.1, 0.15) is 0 Å². The van der Waals surface area contributed by atoms with Crippen molar-refractivity contribution in [3.8, 4) is 5.82 Å². The highest BCUT2D eigenvalue weighted by Crippen LogP contribution is 1.84. The summed E-state index contributed by atoms with van der Waals surface area (Å²) in [5.74, 6) is 0.444. The van der Waals surface area contributed by atoms with Crippen molar-refractivity contribution < 1.29 is 4.57 Å². The van der Waals surface area contributed by atoms with Gasteiger partial charge in [-0.15, -0.1) is 0 Å². The van der Waals surface area contributed by atoms with Gasteiger partial charge in [0.2, 0.25) is 0 Å². The largest absolute Gasteiger partial charge is 0.413 e. The van der Waals surface area contributed by atoms with Crippen LogP contribution in [0, 0.1) is 0 Å². The second kappa shape index (κ2) is 3.29. The summed E-state index contributed by atoms with van der Waals surface area (Å²) in [6, 6.07) is 6.78. The van der Waals surface area contributed by atoms with E-state index in [4.69, 9.17) is 0 Å². The highest BCUT2D eigenvalue weighted by molar-refractivity contribution is 5.05. The summed E-state index contributed by atoms with van der Waals surface area (Å²) < 4.78 is 1.65. The monoisotopic (exact) mass is 190 g/mol. The molecule has 5 heteroatoms. The van der Waals surface area contributed by atoms with E-state index in [-0.39, 0.29) is 0 Å². The first-order chi connectivity index (χ1) is 6.75. The van der Waals surface area contributed by atoms with Crippen LogP contribution >= 0.6 is 0 Å². The number of hydrogen-bond acceptors (Lipinski definition) is 2. The predicted molar refractivity (Wildman–Crippen MR) is 49.2 cm³/mol. The third-order valence-corrected chi connectivity index (χ3v) is 1.74. The molecule has 5 nitrogen and oxygen atoms in total. The van der Waals surface area contributed by atoms with E-state index in [1.165, 1.54) is 6.07 Å². The molecule has 0 saturated carbocycles. The summed E-state index contributed by atoms with van der Waals surface area (Å²) in [6.07, 6.45) is 3.48. The summed E-state index contributed by atoms with van der Waals surface area (Å²) in [4.78, 5) is 26.6.